The normalized spacial score (nSPS) is 52.1. The average Bonchev–Trinajstić information content (AvgIpc) is 1.35. The van der Waals surface area contributed by atoms with Gasteiger partial charge in [0.2, 0.25) is 0 Å². The van der Waals surface area contributed by atoms with Crippen LogP contribution in [0.1, 0.15) is 114 Å². The fraction of sp³-hybridized carbons (Fsp3) is 0.970. The van der Waals surface area contributed by atoms with Gasteiger partial charge in [0.25, 0.3) is 0 Å². The minimum atomic E-state index is -1.95. The van der Waals surface area contributed by atoms with E-state index < -0.39 is 264 Å². The number of fused-ring (bicyclic) bond motifs is 5. The van der Waals surface area contributed by atoms with Crippen molar-refractivity contribution in [3.8, 4) is 0 Å². The molecular weight excluding hydrogens is 1330 g/mol. The lowest BCUT2D eigenvalue weighted by Gasteiger charge is -2.67. The molecule has 4 aliphatic carbocycles. The molecule has 6 saturated heterocycles. The summed E-state index contributed by atoms with van der Waals surface area (Å²) in [5.41, 5.74) is -2.95. The summed E-state index contributed by atoms with van der Waals surface area (Å²) in [7, 11) is 0. The van der Waals surface area contributed by atoms with E-state index in [1.54, 1.807) is 6.92 Å². The summed E-state index contributed by atoms with van der Waals surface area (Å²) < 4.78 is 72.5. The second-order valence-electron chi connectivity index (χ2n) is 31.9. The van der Waals surface area contributed by atoms with E-state index in [1.807, 2.05) is 13.8 Å². The van der Waals surface area contributed by atoms with Crippen LogP contribution in [-0.4, -0.2) is 349 Å². The van der Waals surface area contributed by atoms with Crippen molar-refractivity contribution in [2.45, 2.75) is 316 Å². The minimum absolute atomic E-state index is 0.0232. The van der Waals surface area contributed by atoms with Crippen LogP contribution in [0.4, 0.5) is 0 Å². The molecule has 0 aromatic heterocycles. The van der Waals surface area contributed by atoms with E-state index in [9.17, 15) is 107 Å². The van der Waals surface area contributed by atoms with Gasteiger partial charge in [-0.05, 0) is 99.7 Å². The molecule has 100 heavy (non-hydrogen) atoms. The zero-order chi connectivity index (χ0) is 73.5. The highest BCUT2D eigenvalue weighted by atomic mass is 16.8. The number of ether oxygens (including phenoxy) is 12. The second-order valence-corrected chi connectivity index (χ2v) is 31.9. The molecule has 0 aromatic carbocycles. The summed E-state index contributed by atoms with van der Waals surface area (Å²) in [4.78, 5) is 0. The molecule has 9 fully saturated rings. The monoisotopic (exact) mass is 1450 g/mol. The Morgan fingerprint density at radius 2 is 0.910 bits per heavy atom. The largest absolute Gasteiger partial charge is 0.394 e. The van der Waals surface area contributed by atoms with Gasteiger partial charge in [-0.15, -0.1) is 0 Å². The van der Waals surface area contributed by atoms with Gasteiger partial charge in [0.15, 0.2) is 37.7 Å². The summed E-state index contributed by atoms with van der Waals surface area (Å²) in [5.74, 6) is -0.958. The van der Waals surface area contributed by atoms with Crippen molar-refractivity contribution in [2.75, 3.05) is 39.6 Å². The van der Waals surface area contributed by atoms with Crippen molar-refractivity contribution in [3.63, 3.8) is 0 Å². The first-order chi connectivity index (χ1) is 46.9. The van der Waals surface area contributed by atoms with Crippen molar-refractivity contribution in [1.29, 1.82) is 0 Å². The fourth-order valence-electron chi connectivity index (χ4n) is 18.7. The van der Waals surface area contributed by atoms with Gasteiger partial charge < -0.3 is 164 Å². The average molecular weight is 1450 g/mol. The first-order valence-corrected chi connectivity index (χ1v) is 35.4. The first kappa shape index (κ1) is 80.9. The van der Waals surface area contributed by atoms with Gasteiger partial charge in [-0.25, -0.2) is 0 Å². The van der Waals surface area contributed by atoms with Crippen molar-refractivity contribution in [1.82, 2.24) is 0 Å². The number of allylic oxidation sites excluding steroid dienone is 1. The van der Waals surface area contributed by atoms with Crippen LogP contribution >= 0.6 is 0 Å². The van der Waals surface area contributed by atoms with E-state index in [0.29, 0.717) is 32.1 Å². The van der Waals surface area contributed by atoms with Crippen molar-refractivity contribution < 1.29 is 164 Å². The van der Waals surface area contributed by atoms with Crippen LogP contribution in [-0.2, 0) is 56.8 Å². The highest BCUT2D eigenvalue weighted by Crippen LogP contribution is 2.75. The lowest BCUT2D eigenvalue weighted by atomic mass is 9.38. The summed E-state index contributed by atoms with van der Waals surface area (Å²) >= 11 is 0. The van der Waals surface area contributed by atoms with Gasteiger partial charge in [0, 0.05) is 16.7 Å². The maximum atomic E-state index is 13.0. The number of aliphatic hydroxyl groups excluding tert-OH is 20. The Bertz CT molecular complexity index is 2670. The maximum absolute atomic E-state index is 13.0. The molecule has 6 heterocycles. The Morgan fingerprint density at radius 3 is 1.40 bits per heavy atom. The Labute approximate surface area is 580 Å². The summed E-state index contributed by atoms with van der Waals surface area (Å²) in [6, 6.07) is 0. The Morgan fingerprint density at radius 1 is 0.480 bits per heavy atom. The molecule has 0 unspecified atom stereocenters. The van der Waals surface area contributed by atoms with E-state index in [0.717, 1.165) is 18.4 Å². The van der Waals surface area contributed by atoms with Crippen LogP contribution in [0.5, 0.6) is 0 Å². The third kappa shape index (κ3) is 14.8. The quantitative estimate of drug-likeness (QED) is 0.0423. The van der Waals surface area contributed by atoms with Crippen LogP contribution in [0.15, 0.2) is 11.6 Å². The molecule has 0 bridgehead atoms. The van der Waals surface area contributed by atoms with Crippen LogP contribution in [0.3, 0.4) is 0 Å². The van der Waals surface area contributed by atoms with Gasteiger partial charge in [0.1, 0.15) is 128 Å². The van der Waals surface area contributed by atoms with Gasteiger partial charge in [-0.3, -0.25) is 0 Å². The standard InChI is InChI=1S/C67H114O33/c1-25(10-14-39(64(5,6)88)98-62-56(100-60-54(87)48(81)43(76)33(22-71)94-60)50(83)45(78)35(96-62)23-89-57-51(84)40(73)26(2)30(19-68)91-57)27-16-17-65(7)36-13-11-28-29(67(36,9)37(72)18-66(27,65)8)12-15-38(63(28,3)4)97-61-55(99-59-53(86)47(80)42(75)32(21-70)93-59)49(82)44(77)34(95-61)24-90-58-52(85)46(79)41(74)31(20-69)92-58/h11,25-27,29-62,68-88H,10,12-24H2,1-9H3/t25-,26-,27-,29-,30-,31-,32-,33-,34-,35-,36+,37-,38+,39-,40+,41-,42-,43-,44-,45-,46+,47+,48+,49+,50+,51-,52-,53-,54-,55-,56-,57-,58-,59+,60+,61+,62+,65+,66-,67+/m1/s1. The predicted molar refractivity (Wildman–Crippen MR) is 336 cm³/mol. The molecule has 33 nitrogen and oxygen atoms in total. The second kappa shape index (κ2) is 31.6. The van der Waals surface area contributed by atoms with E-state index in [-0.39, 0.29) is 35.5 Å². The minimum Gasteiger partial charge on any atom is -0.394 e. The van der Waals surface area contributed by atoms with Gasteiger partial charge in [-0.1, -0.05) is 60.1 Å². The predicted octanol–water partition coefficient (Wildman–Crippen LogP) is -6.31. The van der Waals surface area contributed by atoms with Crippen LogP contribution in [0, 0.1) is 51.2 Å². The van der Waals surface area contributed by atoms with Crippen LogP contribution in [0.2, 0.25) is 0 Å². The Kier molecular flexibility index (Phi) is 25.5. The fourth-order valence-corrected chi connectivity index (χ4v) is 18.7. The molecule has 33 heteroatoms. The lowest BCUT2D eigenvalue weighted by molar-refractivity contribution is -0.380. The zero-order valence-corrected chi connectivity index (χ0v) is 58.1. The number of hydrogen-bond acceptors (Lipinski definition) is 33. The highest BCUT2D eigenvalue weighted by Gasteiger charge is 2.71. The molecule has 0 spiro atoms. The summed E-state index contributed by atoms with van der Waals surface area (Å²) in [6.45, 7) is 13.3. The molecular formula is C67H114O33. The van der Waals surface area contributed by atoms with Gasteiger partial charge in [0.05, 0.1) is 75.8 Å². The topological polar surface area (TPSA) is 536 Å². The molecule has 10 rings (SSSR count). The molecule has 3 saturated carbocycles. The molecule has 10 aliphatic rings. The molecule has 580 valence electrons. The Hall–Kier alpha value is -1.58. The SMILES string of the molecule is C[C@H]1[C@H](O)[C@@H](O)[C@H](OC[C@H]2O[C@@H](O[C@H](CC[C@@H](C)[C@H]3CC[C@@]4(C)[C@@H]5CC=C6[C@@H](CC[C@H](O[C@@H]7O[C@H](CO[C@@H]8O[C@H](CO)[C@@H](O)[C@H](O)[C@H]8O)[C@@H](O)[C@H](O)[C@H]7O[C@@H]7O[C@H](CO)[C@@H](O)[C@H](O)[C@H]7O)C6(C)C)[C@]5(C)[C@H](O)C[C@]34C)C(C)(C)O)[C@H](O[C@@H]3O[C@H](CO)[C@@H](O)[C@H](O)[C@H]3O)[C@@H](O)[C@@H]2O)O[C@@H]1CO. The third-order valence-corrected chi connectivity index (χ3v) is 25.4. The lowest BCUT2D eigenvalue weighted by Crippen LogP contribution is -2.66. The Balaban J connectivity index is 0.853. The van der Waals surface area contributed by atoms with E-state index >= 15 is 0 Å². The van der Waals surface area contributed by atoms with Crippen molar-refractivity contribution in [3.05, 3.63) is 11.6 Å². The number of hydrogen-bond donors (Lipinski definition) is 21. The highest BCUT2D eigenvalue weighted by molar-refractivity contribution is 5.32. The van der Waals surface area contributed by atoms with Gasteiger partial charge >= 0.3 is 0 Å². The van der Waals surface area contributed by atoms with Gasteiger partial charge in [-0.2, -0.15) is 0 Å². The number of aliphatic hydroxyl groups is 21. The molecule has 0 amide bonds. The van der Waals surface area contributed by atoms with Crippen molar-refractivity contribution in [2.24, 2.45) is 51.2 Å². The molecule has 21 N–H and O–H groups in total. The van der Waals surface area contributed by atoms with Crippen LogP contribution < -0.4 is 0 Å². The van der Waals surface area contributed by atoms with E-state index in [1.165, 1.54) is 13.8 Å². The van der Waals surface area contributed by atoms with Crippen LogP contribution in [0.25, 0.3) is 0 Å². The maximum Gasteiger partial charge on any atom is 0.187 e. The summed E-state index contributed by atoms with van der Waals surface area (Å²) in [5, 5.41) is 230. The molecule has 40 atom stereocenters. The summed E-state index contributed by atoms with van der Waals surface area (Å²) in [6.07, 6.45) is -45.2. The molecule has 0 aromatic rings. The number of rotatable bonds is 23. The van der Waals surface area contributed by atoms with E-state index in [2.05, 4.69) is 33.8 Å². The molecule has 6 aliphatic heterocycles. The zero-order valence-electron chi connectivity index (χ0n) is 58.1. The third-order valence-electron chi connectivity index (χ3n) is 25.4. The van der Waals surface area contributed by atoms with E-state index in [4.69, 9.17) is 56.8 Å². The molecule has 0 radical (unpaired) electrons. The first-order valence-electron chi connectivity index (χ1n) is 35.4. The van der Waals surface area contributed by atoms with Crippen molar-refractivity contribution >= 4 is 0 Å². The smallest absolute Gasteiger partial charge is 0.187 e.